The highest BCUT2D eigenvalue weighted by Crippen LogP contribution is 2.33. The van der Waals surface area contributed by atoms with E-state index in [0.29, 0.717) is 22.9 Å². The largest absolute Gasteiger partial charge is 0.506 e. The number of nitrogens with zero attached hydrogens (tertiary/aromatic N) is 1. The monoisotopic (exact) mass is 276 g/mol. The summed E-state index contributed by atoms with van der Waals surface area (Å²) in [5.74, 6) is 1.45. The summed E-state index contributed by atoms with van der Waals surface area (Å²) in [7, 11) is 3.08. The molecular weight excluding hydrogens is 260 g/mol. The van der Waals surface area contributed by atoms with Gasteiger partial charge in [-0.15, -0.1) is 0 Å². The lowest BCUT2D eigenvalue weighted by atomic mass is 10.2. The zero-order chi connectivity index (χ0) is 14.5. The number of para-hydroxylation sites is 1. The van der Waals surface area contributed by atoms with Crippen molar-refractivity contribution in [2.75, 3.05) is 20.0 Å². The third kappa shape index (κ3) is 2.69. The number of phenolic OH excluding ortho intramolecular Hbond substituents is 1. The predicted molar refractivity (Wildman–Crippen MR) is 74.2 cm³/mol. The van der Waals surface area contributed by atoms with Crippen LogP contribution >= 0.6 is 0 Å². The summed E-state index contributed by atoms with van der Waals surface area (Å²) in [6, 6.07) is 6.51. The molecule has 0 aliphatic rings. The zero-order valence-corrected chi connectivity index (χ0v) is 11.3. The summed E-state index contributed by atoms with van der Waals surface area (Å²) in [4.78, 5) is 4.19. The Morgan fingerprint density at radius 3 is 2.65 bits per heavy atom. The van der Waals surface area contributed by atoms with Crippen molar-refractivity contribution in [1.82, 2.24) is 4.98 Å². The van der Waals surface area contributed by atoms with Crippen molar-refractivity contribution in [3.8, 4) is 23.0 Å². The van der Waals surface area contributed by atoms with Gasteiger partial charge in [-0.3, -0.25) is 4.98 Å². The van der Waals surface area contributed by atoms with Crippen LogP contribution in [0.5, 0.6) is 23.0 Å². The van der Waals surface area contributed by atoms with Crippen LogP contribution in [0.3, 0.4) is 0 Å². The van der Waals surface area contributed by atoms with Crippen LogP contribution in [0.25, 0.3) is 0 Å². The molecule has 2 aromatic rings. The number of methoxy groups -OCH3 is 2. The van der Waals surface area contributed by atoms with Crippen molar-refractivity contribution in [3.05, 3.63) is 36.2 Å². The number of nitrogen functional groups attached to an aromatic ring is 1. The Morgan fingerprint density at radius 2 is 1.95 bits per heavy atom. The highest BCUT2D eigenvalue weighted by atomic mass is 16.5. The molecule has 2 rings (SSSR count). The summed E-state index contributed by atoms with van der Waals surface area (Å²) in [5.41, 5.74) is 6.49. The molecule has 0 unspecified atom stereocenters. The van der Waals surface area contributed by atoms with Gasteiger partial charge < -0.3 is 25.1 Å². The summed E-state index contributed by atoms with van der Waals surface area (Å²) in [5, 5.41) is 9.51. The fourth-order valence-electron chi connectivity index (χ4n) is 1.76. The number of hydrogen-bond acceptors (Lipinski definition) is 6. The molecule has 0 atom stereocenters. The van der Waals surface area contributed by atoms with Crippen LogP contribution in [0.15, 0.2) is 30.5 Å². The number of aromatic nitrogens is 1. The molecule has 106 valence electrons. The first kappa shape index (κ1) is 13.8. The van der Waals surface area contributed by atoms with Gasteiger partial charge in [0.1, 0.15) is 29.5 Å². The smallest absolute Gasteiger partial charge is 0.185 e. The quantitative estimate of drug-likeness (QED) is 0.641. The molecular formula is C14H16N2O4. The van der Waals surface area contributed by atoms with Gasteiger partial charge in [-0.25, -0.2) is 0 Å². The maximum absolute atomic E-state index is 9.51. The van der Waals surface area contributed by atoms with Crippen LogP contribution in [0.4, 0.5) is 5.69 Å². The van der Waals surface area contributed by atoms with E-state index in [1.165, 1.54) is 13.2 Å². The minimum Gasteiger partial charge on any atom is -0.506 e. The number of aromatic hydroxyl groups is 1. The highest BCUT2D eigenvalue weighted by molar-refractivity contribution is 5.61. The summed E-state index contributed by atoms with van der Waals surface area (Å²) >= 11 is 0. The molecule has 1 aromatic carbocycles. The first-order valence-electron chi connectivity index (χ1n) is 5.93. The number of phenols is 1. The first-order chi connectivity index (χ1) is 9.67. The number of nitrogens with two attached hydrogens (primary N) is 1. The van der Waals surface area contributed by atoms with Gasteiger partial charge >= 0.3 is 0 Å². The topological polar surface area (TPSA) is 86.8 Å². The Bertz CT molecular complexity index is 602. The van der Waals surface area contributed by atoms with E-state index in [1.54, 1.807) is 31.5 Å². The Kier molecular flexibility index (Phi) is 4.14. The number of ether oxygens (including phenoxy) is 3. The molecule has 1 aromatic heterocycles. The number of pyridine rings is 1. The third-order valence-electron chi connectivity index (χ3n) is 2.77. The Balaban J connectivity index is 2.21. The van der Waals surface area contributed by atoms with E-state index in [4.69, 9.17) is 19.9 Å². The van der Waals surface area contributed by atoms with Gasteiger partial charge in [-0.2, -0.15) is 0 Å². The van der Waals surface area contributed by atoms with E-state index < -0.39 is 0 Å². The van der Waals surface area contributed by atoms with Gasteiger partial charge in [-0.1, -0.05) is 6.07 Å². The van der Waals surface area contributed by atoms with Gasteiger partial charge in [0.15, 0.2) is 11.5 Å². The number of rotatable bonds is 5. The zero-order valence-electron chi connectivity index (χ0n) is 11.3. The molecule has 1 heterocycles. The molecule has 0 saturated carbocycles. The highest BCUT2D eigenvalue weighted by Gasteiger charge is 2.12. The van der Waals surface area contributed by atoms with E-state index in [1.807, 2.05) is 0 Å². The van der Waals surface area contributed by atoms with Crippen LogP contribution < -0.4 is 19.9 Å². The van der Waals surface area contributed by atoms with E-state index in [2.05, 4.69) is 4.98 Å². The minimum atomic E-state index is -0.0203. The van der Waals surface area contributed by atoms with Crippen LogP contribution in [0.1, 0.15) is 5.69 Å². The summed E-state index contributed by atoms with van der Waals surface area (Å²) < 4.78 is 16.0. The molecule has 0 amide bonds. The van der Waals surface area contributed by atoms with Crippen molar-refractivity contribution in [2.45, 2.75) is 6.61 Å². The van der Waals surface area contributed by atoms with E-state index >= 15 is 0 Å². The molecule has 6 nitrogen and oxygen atoms in total. The second-order valence-corrected chi connectivity index (χ2v) is 3.97. The Hall–Kier alpha value is -2.63. The maximum atomic E-state index is 9.51. The number of anilines is 1. The molecule has 0 fully saturated rings. The van der Waals surface area contributed by atoms with Crippen molar-refractivity contribution in [1.29, 1.82) is 0 Å². The van der Waals surface area contributed by atoms with Crippen molar-refractivity contribution < 1.29 is 19.3 Å². The predicted octanol–water partition coefficient (Wildman–Crippen LogP) is 1.97. The molecule has 0 aliphatic heterocycles. The standard InChI is InChI=1S/C14H16N2O4/c1-18-12-6-7-16-9(14(12)19-2)8-20-11-5-3-4-10(17)13(11)15/h3-7,17H,8,15H2,1-2H3. The van der Waals surface area contributed by atoms with Crippen LogP contribution in [-0.4, -0.2) is 24.3 Å². The van der Waals surface area contributed by atoms with Crippen LogP contribution in [0, 0.1) is 0 Å². The van der Waals surface area contributed by atoms with Gasteiger partial charge in [-0.05, 0) is 12.1 Å². The summed E-state index contributed by atoms with van der Waals surface area (Å²) in [6.45, 7) is 0.147. The third-order valence-corrected chi connectivity index (χ3v) is 2.77. The lowest BCUT2D eigenvalue weighted by Crippen LogP contribution is -2.04. The molecule has 0 spiro atoms. The van der Waals surface area contributed by atoms with Crippen LogP contribution in [0.2, 0.25) is 0 Å². The SMILES string of the molecule is COc1ccnc(COc2cccc(O)c2N)c1OC. The molecule has 3 N–H and O–H groups in total. The minimum absolute atomic E-state index is 0.0203. The number of hydrogen-bond donors (Lipinski definition) is 2. The maximum Gasteiger partial charge on any atom is 0.185 e. The van der Waals surface area contributed by atoms with E-state index in [9.17, 15) is 5.11 Å². The molecule has 0 bridgehead atoms. The van der Waals surface area contributed by atoms with Crippen molar-refractivity contribution >= 4 is 5.69 Å². The fourth-order valence-corrected chi connectivity index (χ4v) is 1.76. The first-order valence-corrected chi connectivity index (χ1v) is 5.93. The number of benzene rings is 1. The van der Waals surface area contributed by atoms with Gasteiger partial charge in [0.25, 0.3) is 0 Å². The molecule has 6 heteroatoms. The van der Waals surface area contributed by atoms with Crippen LogP contribution in [-0.2, 0) is 6.61 Å². The lowest BCUT2D eigenvalue weighted by molar-refractivity contribution is 0.285. The van der Waals surface area contributed by atoms with E-state index in [-0.39, 0.29) is 18.0 Å². The average molecular weight is 276 g/mol. The lowest BCUT2D eigenvalue weighted by Gasteiger charge is -2.13. The second kappa shape index (κ2) is 6.01. The molecule has 0 aliphatic carbocycles. The van der Waals surface area contributed by atoms with Gasteiger partial charge in [0.2, 0.25) is 0 Å². The van der Waals surface area contributed by atoms with Crippen molar-refractivity contribution in [3.63, 3.8) is 0 Å². The van der Waals surface area contributed by atoms with Gasteiger partial charge in [0, 0.05) is 12.3 Å². The normalized spacial score (nSPS) is 10.1. The second-order valence-electron chi connectivity index (χ2n) is 3.97. The fraction of sp³-hybridized carbons (Fsp3) is 0.214. The van der Waals surface area contributed by atoms with Gasteiger partial charge in [0.05, 0.1) is 14.2 Å². The van der Waals surface area contributed by atoms with Crippen molar-refractivity contribution in [2.24, 2.45) is 0 Å². The molecule has 0 radical (unpaired) electrons. The Morgan fingerprint density at radius 1 is 1.15 bits per heavy atom. The molecule has 20 heavy (non-hydrogen) atoms. The van der Waals surface area contributed by atoms with E-state index in [0.717, 1.165) is 0 Å². The Labute approximate surface area is 116 Å². The molecule has 0 saturated heterocycles. The average Bonchev–Trinajstić information content (AvgIpc) is 2.48. The summed E-state index contributed by atoms with van der Waals surface area (Å²) in [6.07, 6.45) is 1.60.